The number of aromatic nitrogens is 4. The van der Waals surface area contributed by atoms with Crippen molar-refractivity contribution in [3.05, 3.63) is 108 Å². The van der Waals surface area contributed by atoms with Crippen molar-refractivity contribution in [2.24, 2.45) is 0 Å². The average Bonchev–Trinajstić information content (AvgIpc) is 3.23. The third-order valence-electron chi connectivity index (χ3n) is 4.45. The molecular formula is C23H19N5O. The number of carbonyl (C=O) groups is 1. The van der Waals surface area contributed by atoms with Crippen LogP contribution in [0.25, 0.3) is 11.8 Å². The lowest BCUT2D eigenvalue weighted by Crippen LogP contribution is -2.05. The number of tetrazole rings is 1. The number of carbonyl (C=O) groups excluding carboxylic acids is 1. The Hall–Kier alpha value is -4.06. The molecule has 0 aliphatic rings. The van der Waals surface area contributed by atoms with Crippen LogP contribution in [0.2, 0.25) is 0 Å². The highest BCUT2D eigenvalue weighted by atomic mass is 16.1. The van der Waals surface area contributed by atoms with Crippen molar-refractivity contribution in [3.8, 4) is 5.69 Å². The molecule has 1 N–H and O–H groups in total. The van der Waals surface area contributed by atoms with Crippen LogP contribution in [-0.4, -0.2) is 26.0 Å². The van der Waals surface area contributed by atoms with Gasteiger partial charge in [-0.05, 0) is 41.6 Å². The molecule has 0 aliphatic carbocycles. The standard InChI is InChI=1S/C23H19N5O/c1-17-11-13-19(14-12-17)28-22(25-26-27-28)15-16-24-21-10-6-5-9-20(21)23(29)18-7-3-2-4-8-18/h2-16,24H,1H3/b16-15+. The molecule has 0 radical (unpaired) electrons. The predicted octanol–water partition coefficient (Wildman–Crippen LogP) is 4.28. The maximum absolute atomic E-state index is 12.8. The van der Waals surface area contributed by atoms with Crippen LogP contribution in [0.4, 0.5) is 5.69 Å². The summed E-state index contributed by atoms with van der Waals surface area (Å²) >= 11 is 0. The lowest BCUT2D eigenvalue weighted by atomic mass is 10.0. The molecule has 6 heteroatoms. The number of anilines is 1. The number of ketones is 1. The van der Waals surface area contributed by atoms with E-state index in [1.165, 1.54) is 5.56 Å². The summed E-state index contributed by atoms with van der Waals surface area (Å²) in [6.45, 7) is 2.03. The fraction of sp³-hybridized carbons (Fsp3) is 0.0435. The first kappa shape index (κ1) is 18.3. The van der Waals surface area contributed by atoms with E-state index in [0.29, 0.717) is 22.6 Å². The number of nitrogens with zero attached hydrogens (tertiary/aromatic N) is 4. The molecule has 0 fully saturated rings. The van der Waals surface area contributed by atoms with Crippen LogP contribution in [0, 0.1) is 6.92 Å². The molecule has 29 heavy (non-hydrogen) atoms. The smallest absolute Gasteiger partial charge is 0.195 e. The van der Waals surface area contributed by atoms with Crippen molar-refractivity contribution in [1.82, 2.24) is 20.2 Å². The summed E-state index contributed by atoms with van der Waals surface area (Å²) < 4.78 is 1.65. The second-order valence-corrected chi connectivity index (χ2v) is 6.50. The highest BCUT2D eigenvalue weighted by Crippen LogP contribution is 2.19. The third-order valence-corrected chi connectivity index (χ3v) is 4.45. The maximum Gasteiger partial charge on any atom is 0.195 e. The van der Waals surface area contributed by atoms with Crippen molar-refractivity contribution < 1.29 is 4.79 Å². The summed E-state index contributed by atoms with van der Waals surface area (Å²) in [6.07, 6.45) is 3.50. The van der Waals surface area contributed by atoms with Gasteiger partial charge in [-0.25, -0.2) is 0 Å². The van der Waals surface area contributed by atoms with Gasteiger partial charge in [0.2, 0.25) is 0 Å². The number of hydrogen-bond acceptors (Lipinski definition) is 5. The van der Waals surface area contributed by atoms with E-state index in [1.807, 2.05) is 85.8 Å². The van der Waals surface area contributed by atoms with Crippen LogP contribution in [-0.2, 0) is 0 Å². The highest BCUT2D eigenvalue weighted by molar-refractivity contribution is 6.12. The van der Waals surface area contributed by atoms with E-state index in [0.717, 1.165) is 5.69 Å². The first-order chi connectivity index (χ1) is 14.2. The highest BCUT2D eigenvalue weighted by Gasteiger charge is 2.12. The number of aryl methyl sites for hydroxylation is 1. The Bertz CT molecular complexity index is 1150. The van der Waals surface area contributed by atoms with E-state index in [1.54, 1.807) is 17.0 Å². The van der Waals surface area contributed by atoms with E-state index < -0.39 is 0 Å². The van der Waals surface area contributed by atoms with Gasteiger partial charge in [-0.1, -0.05) is 60.2 Å². The minimum Gasteiger partial charge on any atom is -0.361 e. The third kappa shape index (κ3) is 4.11. The second-order valence-electron chi connectivity index (χ2n) is 6.50. The Morgan fingerprint density at radius 2 is 1.66 bits per heavy atom. The molecule has 142 valence electrons. The van der Waals surface area contributed by atoms with E-state index in [-0.39, 0.29) is 5.78 Å². The van der Waals surface area contributed by atoms with Crippen molar-refractivity contribution >= 4 is 17.5 Å². The fourth-order valence-electron chi connectivity index (χ4n) is 2.93. The molecule has 6 nitrogen and oxygen atoms in total. The molecule has 0 atom stereocenters. The van der Waals surface area contributed by atoms with Crippen LogP contribution in [0.1, 0.15) is 27.3 Å². The predicted molar refractivity (Wildman–Crippen MR) is 113 cm³/mol. The molecule has 0 unspecified atom stereocenters. The van der Waals surface area contributed by atoms with Crippen molar-refractivity contribution in [3.63, 3.8) is 0 Å². The van der Waals surface area contributed by atoms with Gasteiger partial charge in [0.25, 0.3) is 0 Å². The summed E-state index contributed by atoms with van der Waals surface area (Å²) in [7, 11) is 0. The zero-order valence-electron chi connectivity index (χ0n) is 15.9. The van der Waals surface area contributed by atoms with Gasteiger partial charge in [0, 0.05) is 29.1 Å². The first-order valence-corrected chi connectivity index (χ1v) is 9.20. The molecule has 0 saturated carbocycles. The SMILES string of the molecule is Cc1ccc(-n2nnnc2/C=C/Nc2ccccc2C(=O)c2ccccc2)cc1. The topological polar surface area (TPSA) is 72.7 Å². The van der Waals surface area contributed by atoms with Crippen LogP contribution in [0.15, 0.2) is 85.1 Å². The quantitative estimate of drug-likeness (QED) is 0.505. The van der Waals surface area contributed by atoms with E-state index in [4.69, 9.17) is 0 Å². The van der Waals surface area contributed by atoms with Crippen LogP contribution < -0.4 is 5.32 Å². The summed E-state index contributed by atoms with van der Waals surface area (Å²) in [4.78, 5) is 12.8. The van der Waals surface area contributed by atoms with Gasteiger partial charge in [-0.15, -0.1) is 5.10 Å². The molecule has 3 aromatic carbocycles. The lowest BCUT2D eigenvalue weighted by Gasteiger charge is -2.08. The van der Waals surface area contributed by atoms with Crippen LogP contribution >= 0.6 is 0 Å². The molecule has 0 bridgehead atoms. The van der Waals surface area contributed by atoms with E-state index in [2.05, 4.69) is 20.8 Å². The summed E-state index contributed by atoms with van der Waals surface area (Å²) in [5, 5.41) is 15.1. The van der Waals surface area contributed by atoms with Crippen LogP contribution in [0.5, 0.6) is 0 Å². The summed E-state index contributed by atoms with van der Waals surface area (Å²) in [6, 6.07) is 24.6. The van der Waals surface area contributed by atoms with Gasteiger partial charge in [0.05, 0.1) is 5.69 Å². The second kappa shape index (κ2) is 8.31. The Morgan fingerprint density at radius 3 is 2.45 bits per heavy atom. The number of para-hydroxylation sites is 1. The fourth-order valence-corrected chi connectivity index (χ4v) is 2.93. The van der Waals surface area contributed by atoms with Gasteiger partial charge in [-0.3, -0.25) is 4.79 Å². The summed E-state index contributed by atoms with van der Waals surface area (Å²) in [5.74, 6) is 0.541. The Balaban J connectivity index is 1.55. The molecule has 4 aromatic rings. The molecule has 1 aromatic heterocycles. The number of benzene rings is 3. The number of nitrogens with one attached hydrogen (secondary N) is 1. The zero-order chi connectivity index (χ0) is 20.1. The first-order valence-electron chi connectivity index (χ1n) is 9.20. The number of hydrogen-bond donors (Lipinski definition) is 1. The molecular weight excluding hydrogens is 362 g/mol. The monoisotopic (exact) mass is 381 g/mol. The number of rotatable bonds is 6. The minimum absolute atomic E-state index is 0.0356. The van der Waals surface area contributed by atoms with Gasteiger partial charge in [0.15, 0.2) is 11.6 Å². The Labute approximate surface area is 168 Å². The molecule has 0 spiro atoms. The van der Waals surface area contributed by atoms with Gasteiger partial charge < -0.3 is 5.32 Å². The Morgan fingerprint density at radius 1 is 0.931 bits per heavy atom. The lowest BCUT2D eigenvalue weighted by molar-refractivity contribution is 0.103. The van der Waals surface area contributed by atoms with Crippen molar-refractivity contribution in [2.75, 3.05) is 5.32 Å². The van der Waals surface area contributed by atoms with Crippen LogP contribution in [0.3, 0.4) is 0 Å². The molecule has 0 amide bonds. The van der Waals surface area contributed by atoms with Crippen molar-refractivity contribution in [2.45, 2.75) is 6.92 Å². The average molecular weight is 381 g/mol. The summed E-state index contributed by atoms with van der Waals surface area (Å²) in [5.41, 5.74) is 4.00. The minimum atomic E-state index is -0.0356. The molecule has 1 heterocycles. The zero-order valence-corrected chi connectivity index (χ0v) is 15.9. The van der Waals surface area contributed by atoms with Crippen molar-refractivity contribution in [1.29, 1.82) is 0 Å². The van der Waals surface area contributed by atoms with Gasteiger partial charge >= 0.3 is 0 Å². The Kier molecular flexibility index (Phi) is 5.25. The van der Waals surface area contributed by atoms with Gasteiger partial charge in [-0.2, -0.15) is 4.68 Å². The molecule has 4 rings (SSSR count). The largest absolute Gasteiger partial charge is 0.361 e. The molecule has 0 saturated heterocycles. The van der Waals surface area contributed by atoms with E-state index in [9.17, 15) is 4.79 Å². The molecule has 0 aliphatic heterocycles. The van der Waals surface area contributed by atoms with E-state index >= 15 is 0 Å². The van der Waals surface area contributed by atoms with Gasteiger partial charge in [0.1, 0.15) is 0 Å². The maximum atomic E-state index is 12.8. The normalized spacial score (nSPS) is 10.9.